The van der Waals surface area contributed by atoms with Gasteiger partial charge in [-0.25, -0.2) is 4.99 Å². The summed E-state index contributed by atoms with van der Waals surface area (Å²) in [6.07, 6.45) is 2.54. The summed E-state index contributed by atoms with van der Waals surface area (Å²) in [4.78, 5) is 9.95. The number of furan rings is 1. The molecule has 1 saturated heterocycles. The van der Waals surface area contributed by atoms with Crippen molar-refractivity contribution in [3.8, 4) is 0 Å². The Morgan fingerprint density at radius 2 is 1.93 bits per heavy atom. The highest BCUT2D eigenvalue weighted by molar-refractivity contribution is 7.10. The molecule has 0 aliphatic carbocycles. The molecule has 30 heavy (non-hydrogen) atoms. The summed E-state index contributed by atoms with van der Waals surface area (Å²) >= 11 is 3.54. The van der Waals surface area contributed by atoms with Gasteiger partial charge in [0.1, 0.15) is 5.76 Å². The molecule has 3 aromatic rings. The minimum absolute atomic E-state index is 0.313. The molecular formula is C22H28N4O2S2. The molecule has 1 aliphatic rings. The van der Waals surface area contributed by atoms with Gasteiger partial charge in [0.2, 0.25) is 0 Å². The molecule has 0 amide bonds. The van der Waals surface area contributed by atoms with Crippen molar-refractivity contribution in [1.29, 1.82) is 0 Å². The first-order valence-corrected chi connectivity index (χ1v) is 12.1. The van der Waals surface area contributed by atoms with Crippen LogP contribution in [-0.2, 0) is 17.7 Å². The first-order chi connectivity index (χ1) is 14.9. The third-order valence-corrected chi connectivity index (χ3v) is 6.87. The van der Waals surface area contributed by atoms with Crippen molar-refractivity contribution in [1.82, 2.24) is 15.5 Å². The molecule has 0 saturated carbocycles. The fourth-order valence-electron chi connectivity index (χ4n) is 3.47. The highest BCUT2D eigenvalue weighted by Gasteiger charge is 2.23. The minimum Gasteiger partial charge on any atom is -0.469 e. The Hall–Kier alpha value is -2.13. The lowest BCUT2D eigenvalue weighted by molar-refractivity contribution is 0.0177. The van der Waals surface area contributed by atoms with E-state index in [9.17, 15) is 0 Å². The Bertz CT molecular complexity index is 857. The number of guanidine groups is 1. The predicted molar refractivity (Wildman–Crippen MR) is 123 cm³/mol. The van der Waals surface area contributed by atoms with Gasteiger partial charge in [0, 0.05) is 42.4 Å². The summed E-state index contributed by atoms with van der Waals surface area (Å²) in [6.45, 7) is 5.75. The second-order valence-corrected chi connectivity index (χ2v) is 9.07. The van der Waals surface area contributed by atoms with Crippen LogP contribution in [-0.4, -0.2) is 50.3 Å². The van der Waals surface area contributed by atoms with E-state index in [0.717, 1.165) is 57.5 Å². The number of morpholine rings is 1. The molecule has 160 valence electrons. The maximum Gasteiger partial charge on any atom is 0.191 e. The summed E-state index contributed by atoms with van der Waals surface area (Å²) in [6, 6.07) is 12.8. The zero-order valence-electron chi connectivity index (χ0n) is 17.0. The van der Waals surface area contributed by atoms with Crippen LogP contribution in [0.1, 0.15) is 21.6 Å². The van der Waals surface area contributed by atoms with E-state index in [2.05, 4.69) is 50.6 Å². The topological polar surface area (TPSA) is 62.0 Å². The van der Waals surface area contributed by atoms with Crippen molar-refractivity contribution >= 4 is 28.6 Å². The van der Waals surface area contributed by atoms with Crippen molar-refractivity contribution in [3.63, 3.8) is 0 Å². The van der Waals surface area contributed by atoms with Crippen LogP contribution in [0.15, 0.2) is 62.8 Å². The average Bonchev–Trinajstić information content (AvgIpc) is 3.56. The Labute approximate surface area is 185 Å². The van der Waals surface area contributed by atoms with Gasteiger partial charge in [0.25, 0.3) is 0 Å². The monoisotopic (exact) mass is 444 g/mol. The lowest BCUT2D eigenvalue weighted by atomic mass is 10.2. The molecule has 1 unspecified atom stereocenters. The molecule has 4 rings (SSSR count). The highest BCUT2D eigenvalue weighted by Crippen LogP contribution is 2.25. The van der Waals surface area contributed by atoms with E-state index >= 15 is 0 Å². The zero-order chi connectivity index (χ0) is 20.4. The van der Waals surface area contributed by atoms with Gasteiger partial charge in [-0.1, -0.05) is 12.1 Å². The van der Waals surface area contributed by atoms with Crippen LogP contribution in [0, 0.1) is 0 Å². The van der Waals surface area contributed by atoms with E-state index in [0.29, 0.717) is 12.6 Å². The zero-order valence-corrected chi connectivity index (χ0v) is 18.6. The Balaban J connectivity index is 1.39. The Morgan fingerprint density at radius 1 is 1.07 bits per heavy atom. The van der Waals surface area contributed by atoms with Crippen LogP contribution in [0.25, 0.3) is 0 Å². The summed E-state index contributed by atoms with van der Waals surface area (Å²) in [5, 5.41) is 11.3. The average molecular weight is 445 g/mol. The molecule has 8 heteroatoms. The second-order valence-electron chi connectivity index (χ2n) is 7.06. The fourth-order valence-corrected chi connectivity index (χ4v) is 4.95. The van der Waals surface area contributed by atoms with E-state index < -0.39 is 0 Å². The van der Waals surface area contributed by atoms with Gasteiger partial charge in [0.05, 0.1) is 32.1 Å². The number of nitrogens with one attached hydrogen (secondary N) is 2. The van der Waals surface area contributed by atoms with Crippen LogP contribution < -0.4 is 10.6 Å². The minimum atomic E-state index is 0.313. The summed E-state index contributed by atoms with van der Waals surface area (Å²) in [7, 11) is 0. The smallest absolute Gasteiger partial charge is 0.191 e. The number of hydrogen-bond acceptors (Lipinski definition) is 6. The maximum atomic E-state index is 5.56. The highest BCUT2D eigenvalue weighted by atomic mass is 32.1. The van der Waals surface area contributed by atoms with E-state index in [4.69, 9.17) is 14.1 Å². The van der Waals surface area contributed by atoms with Gasteiger partial charge in [0.15, 0.2) is 5.96 Å². The van der Waals surface area contributed by atoms with Gasteiger partial charge >= 0.3 is 0 Å². The van der Waals surface area contributed by atoms with Crippen molar-refractivity contribution in [3.05, 3.63) is 68.9 Å². The maximum absolute atomic E-state index is 5.56. The SMILES string of the molecule is c1coc(CCNC(=NCc2cccs2)NCC(c2cccs2)N2CCOCC2)c1. The molecule has 0 radical (unpaired) electrons. The van der Waals surface area contributed by atoms with Gasteiger partial charge < -0.3 is 19.8 Å². The molecule has 0 bridgehead atoms. The molecule has 3 aromatic heterocycles. The number of aliphatic imine (C=N–C) groups is 1. The Kier molecular flexibility index (Phi) is 7.96. The standard InChI is InChI=1S/C22H28N4O2S2/c1-4-18(28-11-1)7-8-23-22(24-16-19-5-2-14-29-19)25-17-20(21-6-3-15-30-21)26-9-12-27-13-10-26/h1-6,11,14-15,20H,7-10,12-13,16-17H2,(H2,23,24,25). The first kappa shape index (κ1) is 21.1. The molecule has 1 atom stereocenters. The normalized spacial score (nSPS) is 16.5. The van der Waals surface area contributed by atoms with Crippen LogP contribution >= 0.6 is 22.7 Å². The lowest BCUT2D eigenvalue weighted by Gasteiger charge is -2.34. The molecule has 4 heterocycles. The number of rotatable bonds is 9. The van der Waals surface area contributed by atoms with E-state index in [1.54, 1.807) is 17.6 Å². The molecular weight excluding hydrogens is 416 g/mol. The lowest BCUT2D eigenvalue weighted by Crippen LogP contribution is -2.46. The third kappa shape index (κ3) is 6.18. The van der Waals surface area contributed by atoms with E-state index in [-0.39, 0.29) is 0 Å². The van der Waals surface area contributed by atoms with Gasteiger partial charge in [-0.05, 0) is 35.0 Å². The van der Waals surface area contributed by atoms with Crippen LogP contribution in [0.4, 0.5) is 0 Å². The van der Waals surface area contributed by atoms with Crippen molar-refractivity contribution in [2.45, 2.75) is 19.0 Å². The second kappa shape index (κ2) is 11.3. The summed E-state index contributed by atoms with van der Waals surface area (Å²) < 4.78 is 11.0. The summed E-state index contributed by atoms with van der Waals surface area (Å²) in [5.41, 5.74) is 0. The number of thiophene rings is 2. The van der Waals surface area contributed by atoms with Gasteiger partial charge in [-0.3, -0.25) is 4.90 Å². The van der Waals surface area contributed by atoms with Crippen molar-refractivity contribution in [2.75, 3.05) is 39.4 Å². The van der Waals surface area contributed by atoms with Crippen molar-refractivity contribution < 1.29 is 9.15 Å². The Morgan fingerprint density at radius 3 is 2.67 bits per heavy atom. The molecule has 0 aromatic carbocycles. The largest absolute Gasteiger partial charge is 0.469 e. The van der Waals surface area contributed by atoms with Crippen molar-refractivity contribution in [2.24, 2.45) is 4.99 Å². The third-order valence-electron chi connectivity index (χ3n) is 5.04. The molecule has 1 aliphatic heterocycles. The van der Waals surface area contributed by atoms with Crippen LogP contribution in [0.2, 0.25) is 0 Å². The van der Waals surface area contributed by atoms with Crippen LogP contribution in [0.3, 0.4) is 0 Å². The number of ether oxygens (including phenoxy) is 1. The first-order valence-electron chi connectivity index (χ1n) is 10.3. The van der Waals surface area contributed by atoms with E-state index in [1.165, 1.54) is 9.75 Å². The number of nitrogens with zero attached hydrogens (tertiary/aromatic N) is 2. The van der Waals surface area contributed by atoms with Gasteiger partial charge in [-0.2, -0.15) is 0 Å². The number of hydrogen-bond donors (Lipinski definition) is 2. The quantitative estimate of drug-likeness (QED) is 0.389. The van der Waals surface area contributed by atoms with Crippen LogP contribution in [0.5, 0.6) is 0 Å². The van der Waals surface area contributed by atoms with Gasteiger partial charge in [-0.15, -0.1) is 22.7 Å². The van der Waals surface area contributed by atoms with E-state index in [1.807, 2.05) is 23.5 Å². The fraction of sp³-hybridized carbons (Fsp3) is 0.409. The molecule has 2 N–H and O–H groups in total. The predicted octanol–water partition coefficient (Wildman–Crippen LogP) is 3.75. The summed E-state index contributed by atoms with van der Waals surface area (Å²) in [5.74, 6) is 1.81. The molecule has 0 spiro atoms. The molecule has 6 nitrogen and oxygen atoms in total. The molecule has 1 fully saturated rings.